The predicted molar refractivity (Wildman–Crippen MR) is 102 cm³/mol. The molecule has 8 nitrogen and oxygen atoms in total. The number of rotatable bonds is 8. The maximum atomic E-state index is 8.37. The van der Waals surface area contributed by atoms with E-state index in [1.54, 1.807) is 0 Å². The van der Waals surface area contributed by atoms with Crippen molar-refractivity contribution in [3.63, 3.8) is 0 Å². The van der Waals surface area contributed by atoms with Crippen LogP contribution in [0, 0.1) is 12.5 Å². The van der Waals surface area contributed by atoms with Gasteiger partial charge in [0, 0.05) is 48.9 Å². The summed E-state index contributed by atoms with van der Waals surface area (Å²) >= 11 is 0. The van der Waals surface area contributed by atoms with Gasteiger partial charge in [-0.15, -0.1) is 0 Å². The first kappa shape index (κ1) is 11.4. The van der Waals surface area contributed by atoms with E-state index in [-0.39, 0.29) is 12.2 Å². The molecule has 0 spiro atoms. The Morgan fingerprint density at radius 1 is 1.37 bits per heavy atom. The van der Waals surface area contributed by atoms with Crippen LogP contribution < -0.4 is 5.73 Å². The van der Waals surface area contributed by atoms with E-state index in [1.165, 1.54) is 32.9 Å². The minimum atomic E-state index is -3.16. The fourth-order valence-corrected chi connectivity index (χ4v) is 2.84. The molecule has 3 rings (SSSR count). The highest BCUT2D eigenvalue weighted by Gasteiger charge is 2.29. The lowest BCUT2D eigenvalue weighted by Gasteiger charge is -2.19. The summed E-state index contributed by atoms with van der Waals surface area (Å²) < 4.78 is 77.4. The number of hydrogen-bond acceptors (Lipinski definition) is 6. The van der Waals surface area contributed by atoms with Crippen LogP contribution in [-0.2, 0) is 15.9 Å². The van der Waals surface area contributed by atoms with Gasteiger partial charge in [0.25, 0.3) is 0 Å². The third-order valence-electron chi connectivity index (χ3n) is 4.27. The zero-order valence-corrected chi connectivity index (χ0v) is 15.0. The minimum Gasteiger partial charge on any atom is -0.383 e. The molecule has 144 valence electrons. The first-order chi connectivity index (χ1) is 16.2. The smallest absolute Gasteiger partial charge is 0.237 e. The molecule has 0 aliphatic heterocycles. The van der Waals surface area contributed by atoms with E-state index in [4.69, 9.17) is 32.7 Å². The number of nitrogen functional groups attached to an aromatic ring is 1. The van der Waals surface area contributed by atoms with Gasteiger partial charge in [0.15, 0.2) is 6.29 Å². The molecule has 1 aliphatic rings. The predicted octanol–water partition coefficient (Wildman–Crippen LogP) is 2.73. The first-order valence-electron chi connectivity index (χ1n) is 12.2. The number of nitrogens with two attached hydrogens (primary N) is 1. The van der Waals surface area contributed by atoms with E-state index in [0.717, 1.165) is 4.68 Å². The highest BCUT2D eigenvalue weighted by molar-refractivity contribution is 5.66. The molecule has 2 heterocycles. The van der Waals surface area contributed by atoms with Gasteiger partial charge in [0.05, 0.1) is 11.9 Å². The van der Waals surface area contributed by atoms with Crippen LogP contribution in [0.2, 0.25) is 0 Å². The largest absolute Gasteiger partial charge is 0.383 e. The lowest BCUT2D eigenvalue weighted by atomic mass is 9.98. The van der Waals surface area contributed by atoms with E-state index < -0.39 is 50.3 Å². The van der Waals surface area contributed by atoms with Gasteiger partial charge in [0.2, 0.25) is 6.54 Å². The second-order valence-corrected chi connectivity index (χ2v) is 5.82. The molecular weight excluding hydrogens is 344 g/mol. The third kappa shape index (κ3) is 4.26. The Labute approximate surface area is 170 Å². The second-order valence-electron chi connectivity index (χ2n) is 5.82. The maximum absolute atomic E-state index is 8.37. The van der Waals surface area contributed by atoms with Crippen molar-refractivity contribution in [2.24, 2.45) is 5.92 Å². The summed E-state index contributed by atoms with van der Waals surface area (Å²) in [5.74, 6) is -1.69. The standard InChI is InChI=1S/C19H26N6O2/c1-21-10-16(13-6-4-5-7-13)25-11-14(9-24-25)18-15(8-17(26-2)27-3)19(20)23-12-22-18/h9,11-13,16-17H,4-8,10H2,2-3H3,(H2,20,22,23)/t16-/m1/s1/i4D2,5D2,6D2,7D2. The average Bonchev–Trinajstić information content (AvgIpc) is 3.28. The average molecular weight is 379 g/mol. The number of aromatic nitrogens is 4. The number of hydrogen-bond donors (Lipinski definition) is 1. The van der Waals surface area contributed by atoms with Crippen molar-refractivity contribution in [1.29, 1.82) is 0 Å². The maximum Gasteiger partial charge on any atom is 0.237 e. The molecule has 2 aromatic rings. The Bertz CT molecular complexity index is 1090. The van der Waals surface area contributed by atoms with Crippen LogP contribution in [0.1, 0.15) is 48.1 Å². The quantitative estimate of drug-likeness (QED) is 0.561. The molecule has 27 heavy (non-hydrogen) atoms. The SMILES string of the molecule is [2H]C1([2H])C([C@@H](C[N+]#[C-])n2cc(-c3ncnc(N)c3CC(OC)OC)cn2)C([2H])([2H])C([2H])([2H])C1([2H])[2H]. The molecule has 2 N–H and O–H groups in total. The Morgan fingerprint density at radius 2 is 2.11 bits per heavy atom. The Balaban J connectivity index is 2.10. The molecular formula is C19H26N6O2. The van der Waals surface area contributed by atoms with Crippen molar-refractivity contribution >= 4 is 5.82 Å². The van der Waals surface area contributed by atoms with Crippen LogP contribution in [0.3, 0.4) is 0 Å². The fourth-order valence-electron chi connectivity index (χ4n) is 2.84. The fraction of sp³-hybridized carbons (Fsp3) is 0.579. The van der Waals surface area contributed by atoms with Crippen LogP contribution in [0.25, 0.3) is 16.1 Å². The molecule has 0 bridgehead atoms. The number of nitrogens with zero attached hydrogens (tertiary/aromatic N) is 5. The van der Waals surface area contributed by atoms with E-state index in [9.17, 15) is 0 Å². The summed E-state index contributed by atoms with van der Waals surface area (Å²) in [4.78, 5) is 11.6. The second kappa shape index (κ2) is 8.93. The van der Waals surface area contributed by atoms with Crippen LogP contribution in [0.15, 0.2) is 18.7 Å². The Kier molecular flexibility index (Phi) is 3.76. The van der Waals surface area contributed by atoms with Crippen LogP contribution in [0.4, 0.5) is 5.82 Å². The van der Waals surface area contributed by atoms with Gasteiger partial charge in [-0.2, -0.15) is 5.10 Å². The molecule has 0 saturated heterocycles. The van der Waals surface area contributed by atoms with Crippen LogP contribution >= 0.6 is 0 Å². The zero-order chi connectivity index (χ0) is 26.4. The molecule has 0 amide bonds. The summed E-state index contributed by atoms with van der Waals surface area (Å²) in [6, 6.07) is -1.31. The molecule has 8 heteroatoms. The van der Waals surface area contributed by atoms with Gasteiger partial charge in [0.1, 0.15) is 18.2 Å². The molecule has 0 radical (unpaired) electrons. The van der Waals surface area contributed by atoms with Crippen molar-refractivity contribution < 1.29 is 20.4 Å². The van der Waals surface area contributed by atoms with Gasteiger partial charge < -0.3 is 20.1 Å². The summed E-state index contributed by atoms with van der Waals surface area (Å²) in [6.07, 6.45) is -8.62. The van der Waals surface area contributed by atoms with Crippen molar-refractivity contribution in [1.82, 2.24) is 19.7 Å². The minimum absolute atomic E-state index is 0.171. The van der Waals surface area contributed by atoms with E-state index in [2.05, 4.69) is 19.9 Å². The van der Waals surface area contributed by atoms with E-state index >= 15 is 0 Å². The first-order valence-corrected chi connectivity index (χ1v) is 8.21. The van der Waals surface area contributed by atoms with Crippen molar-refractivity contribution in [3.05, 3.63) is 35.7 Å². The molecule has 1 aliphatic carbocycles. The number of methoxy groups -OCH3 is 2. The molecule has 0 unspecified atom stereocenters. The number of anilines is 1. The van der Waals surface area contributed by atoms with Gasteiger partial charge in [-0.1, -0.05) is 12.7 Å². The van der Waals surface area contributed by atoms with Gasteiger partial charge in [-0.3, -0.25) is 4.68 Å². The number of ether oxygens (including phenoxy) is 2. The van der Waals surface area contributed by atoms with Gasteiger partial charge in [-0.05, 0) is 18.7 Å². The molecule has 2 aromatic heterocycles. The van der Waals surface area contributed by atoms with E-state index in [1.807, 2.05) is 0 Å². The molecule has 0 aromatic carbocycles. The van der Waals surface area contributed by atoms with Gasteiger partial charge in [-0.25, -0.2) is 16.5 Å². The van der Waals surface area contributed by atoms with Crippen molar-refractivity contribution in [3.8, 4) is 11.3 Å². The summed E-state index contributed by atoms with van der Waals surface area (Å²) in [5, 5.41) is 4.20. The Morgan fingerprint density at radius 3 is 2.78 bits per heavy atom. The van der Waals surface area contributed by atoms with Crippen LogP contribution in [-0.4, -0.2) is 46.8 Å². The normalized spacial score (nSPS) is 27.8. The summed E-state index contributed by atoms with van der Waals surface area (Å²) in [7, 11) is 2.92. The molecule has 1 atom stereocenters. The molecule has 1 fully saturated rings. The lowest BCUT2D eigenvalue weighted by molar-refractivity contribution is -0.100. The van der Waals surface area contributed by atoms with Crippen LogP contribution in [0.5, 0.6) is 0 Å². The molecule has 1 saturated carbocycles. The summed E-state index contributed by atoms with van der Waals surface area (Å²) in [5.41, 5.74) is 7.31. The lowest BCUT2D eigenvalue weighted by Crippen LogP contribution is -2.20. The zero-order valence-electron chi connectivity index (χ0n) is 23.0. The Hall–Kier alpha value is -2.50. The topological polar surface area (TPSA) is 92.4 Å². The van der Waals surface area contributed by atoms with Crippen molar-refractivity contribution in [2.45, 2.75) is 44.2 Å². The summed E-state index contributed by atoms with van der Waals surface area (Å²) in [6.45, 7) is 6.89. The monoisotopic (exact) mass is 378 g/mol. The highest BCUT2D eigenvalue weighted by Crippen LogP contribution is 2.35. The van der Waals surface area contributed by atoms with Gasteiger partial charge >= 0.3 is 0 Å². The third-order valence-corrected chi connectivity index (χ3v) is 4.27. The highest BCUT2D eigenvalue weighted by atomic mass is 16.7. The van der Waals surface area contributed by atoms with E-state index in [0.29, 0.717) is 16.8 Å². The van der Waals surface area contributed by atoms with Crippen molar-refractivity contribution in [2.75, 3.05) is 26.5 Å².